The van der Waals surface area contributed by atoms with Gasteiger partial charge in [0, 0.05) is 0 Å². The predicted molar refractivity (Wildman–Crippen MR) is 101 cm³/mol. The van der Waals surface area contributed by atoms with Crippen LogP contribution in [0.3, 0.4) is 0 Å². The summed E-state index contributed by atoms with van der Waals surface area (Å²) in [6.07, 6.45) is 2.46. The van der Waals surface area contributed by atoms with Gasteiger partial charge in [-0.15, -0.1) is 0 Å². The zero-order valence-electron chi connectivity index (χ0n) is 14.9. The van der Waals surface area contributed by atoms with E-state index in [2.05, 4.69) is 118 Å². The van der Waals surface area contributed by atoms with Crippen molar-refractivity contribution in [2.45, 2.75) is 10.8 Å². The van der Waals surface area contributed by atoms with Crippen molar-refractivity contribution in [3.8, 4) is 0 Å². The summed E-state index contributed by atoms with van der Waals surface area (Å²) in [5.74, 6) is 0. The molecule has 0 radical (unpaired) electrons. The molecule has 27 heavy (non-hydrogen) atoms. The van der Waals surface area contributed by atoms with Crippen LogP contribution in [0.5, 0.6) is 0 Å². The summed E-state index contributed by atoms with van der Waals surface area (Å²) in [7, 11) is -1.97. The Bertz CT molecular complexity index is 858. The number of rotatable bonds is 3. The molecule has 0 amide bonds. The molecule has 136 valence electrons. The van der Waals surface area contributed by atoms with Crippen molar-refractivity contribution < 1.29 is 57.7 Å². The fourth-order valence-electron chi connectivity index (χ4n) is 3.80. The van der Waals surface area contributed by atoms with E-state index in [-0.39, 0.29) is 37.2 Å². The molecular weight excluding hydrogens is 447 g/mol. The summed E-state index contributed by atoms with van der Waals surface area (Å²) in [6, 6.07) is 31.1. The van der Waals surface area contributed by atoms with Crippen LogP contribution >= 0.6 is 0 Å². The van der Waals surface area contributed by atoms with E-state index < -0.39 is 8.07 Å². The van der Waals surface area contributed by atoms with Crippen LogP contribution in [0, 0.1) is 0 Å². The first-order chi connectivity index (χ1) is 11.7. The van der Waals surface area contributed by atoms with Crippen LogP contribution in [-0.4, -0.2) is 8.07 Å². The molecule has 1 aliphatic carbocycles. The van der Waals surface area contributed by atoms with Gasteiger partial charge >= 0.3 is 157 Å². The van der Waals surface area contributed by atoms with Gasteiger partial charge in [-0.05, 0) is 0 Å². The second-order valence-corrected chi connectivity index (χ2v) is 11.4. The Morgan fingerprint density at radius 3 is 1.59 bits per heavy atom. The first kappa shape index (κ1) is 24.2. The fraction of sp³-hybridized carbons (Fsp3) is 0.0909. The molecule has 0 fully saturated rings. The van der Waals surface area contributed by atoms with Crippen LogP contribution in [0.15, 0.2) is 90.1 Å². The molecule has 0 bridgehead atoms. The third kappa shape index (κ3) is 4.29. The topological polar surface area (TPSA) is 0 Å². The molecule has 4 rings (SSSR count). The Morgan fingerprint density at radius 1 is 0.667 bits per heavy atom. The minimum absolute atomic E-state index is 0. The predicted octanol–water partition coefficient (Wildman–Crippen LogP) is -4.88. The number of halogens is 3. The molecule has 0 spiro atoms. The van der Waals surface area contributed by atoms with Crippen LogP contribution in [0.2, 0.25) is 6.55 Å². The minimum atomic E-state index is -1.97. The first-order valence-electron chi connectivity index (χ1n) is 8.34. The van der Waals surface area contributed by atoms with Crippen molar-refractivity contribution in [3.63, 3.8) is 0 Å². The quantitative estimate of drug-likeness (QED) is 0.341. The number of hydrogen-bond acceptors (Lipinski definition) is 0. The molecule has 1 atom stereocenters. The van der Waals surface area contributed by atoms with Crippen LogP contribution in [0.25, 0.3) is 6.08 Å². The van der Waals surface area contributed by atoms with E-state index in [0.29, 0.717) is 4.22 Å². The molecule has 0 aliphatic heterocycles. The van der Waals surface area contributed by atoms with Gasteiger partial charge in [0.1, 0.15) is 0 Å². The molecule has 0 saturated carbocycles. The van der Waals surface area contributed by atoms with Crippen molar-refractivity contribution >= 4 is 24.5 Å². The summed E-state index contributed by atoms with van der Waals surface area (Å²) in [5, 5.41) is 4.59. The second kappa shape index (κ2) is 10.1. The molecule has 1 aliphatic rings. The van der Waals surface area contributed by atoms with Gasteiger partial charge in [0.2, 0.25) is 0 Å². The molecule has 3 aromatic carbocycles. The summed E-state index contributed by atoms with van der Waals surface area (Å²) >= 11 is 2.37. The standard InChI is InChI=1S/C22H19Si.3ClH.Ti/c1-23(20-12-4-2-5-13-20,21-14-6-3-7-15-21)22-16-18-10-8-9-11-19(18)17-22;;;;/h2-17H,1H3;3*1H;/q;;;;+3/p-3. The Labute approximate surface area is 193 Å². The Balaban J connectivity index is 0.00000121. The van der Waals surface area contributed by atoms with Gasteiger partial charge in [-0.1, -0.05) is 0 Å². The van der Waals surface area contributed by atoms with Gasteiger partial charge in [-0.3, -0.25) is 0 Å². The maximum Gasteiger partial charge on any atom is -1.00 e. The zero-order valence-corrected chi connectivity index (χ0v) is 19.7. The number of hydrogen-bond donors (Lipinski definition) is 0. The van der Waals surface area contributed by atoms with Crippen molar-refractivity contribution in [2.75, 3.05) is 0 Å². The largest absolute Gasteiger partial charge is 1.00 e. The summed E-state index contributed by atoms with van der Waals surface area (Å²) in [5.41, 5.74) is 2.86. The van der Waals surface area contributed by atoms with E-state index in [1.807, 2.05) is 0 Å². The molecule has 3 aromatic rings. The van der Waals surface area contributed by atoms with Crippen LogP contribution < -0.4 is 47.6 Å². The first-order valence-corrected chi connectivity index (χ1v) is 11.7. The summed E-state index contributed by atoms with van der Waals surface area (Å²) < 4.78 is 0.485. The minimum Gasteiger partial charge on any atom is -1.00 e. The molecule has 5 heteroatoms. The van der Waals surface area contributed by atoms with Crippen LogP contribution in [-0.2, 0) is 20.4 Å². The molecule has 1 unspecified atom stereocenters. The average Bonchev–Trinajstić information content (AvgIpc) is 3.00. The third-order valence-electron chi connectivity index (χ3n) is 5.21. The molecular formula is C22H19Cl3SiTi. The Hall–Kier alpha value is -0.799. The van der Waals surface area contributed by atoms with Gasteiger partial charge in [0.05, 0.1) is 0 Å². The normalized spacial score (nSPS) is 14.8. The van der Waals surface area contributed by atoms with E-state index in [4.69, 9.17) is 0 Å². The van der Waals surface area contributed by atoms with Gasteiger partial charge in [0.25, 0.3) is 0 Å². The smallest absolute Gasteiger partial charge is 1.00 e. The molecule has 0 heterocycles. The molecule has 0 N–H and O–H groups in total. The summed E-state index contributed by atoms with van der Waals surface area (Å²) in [4.78, 5) is 0. The van der Waals surface area contributed by atoms with Crippen molar-refractivity contribution in [1.82, 2.24) is 0 Å². The van der Waals surface area contributed by atoms with Crippen molar-refractivity contribution in [2.24, 2.45) is 0 Å². The number of allylic oxidation sites excluding steroid dienone is 1. The van der Waals surface area contributed by atoms with Crippen LogP contribution in [0.4, 0.5) is 0 Å². The van der Waals surface area contributed by atoms with Crippen LogP contribution in [0.1, 0.15) is 15.3 Å². The number of fused-ring (bicyclic) bond motifs is 1. The Morgan fingerprint density at radius 2 is 1.11 bits per heavy atom. The number of benzene rings is 3. The van der Waals surface area contributed by atoms with Crippen molar-refractivity contribution in [1.29, 1.82) is 0 Å². The third-order valence-corrected chi connectivity index (χ3v) is 11.2. The Kier molecular flexibility index (Phi) is 9.08. The monoisotopic (exact) mass is 464 g/mol. The molecule has 0 nitrogen and oxygen atoms in total. The SMILES string of the molecule is C[Si](C1=Cc2ccccc2[CH]1[Ti+3])(c1ccccc1)c1ccccc1.[Cl-].[Cl-].[Cl-]. The van der Waals surface area contributed by atoms with E-state index in [9.17, 15) is 0 Å². The van der Waals surface area contributed by atoms with E-state index >= 15 is 0 Å². The van der Waals surface area contributed by atoms with E-state index in [1.165, 1.54) is 21.5 Å². The maximum absolute atomic E-state index is 2.51. The second-order valence-electron chi connectivity index (χ2n) is 6.52. The maximum atomic E-state index is 2.51. The van der Waals surface area contributed by atoms with Gasteiger partial charge in [-0.25, -0.2) is 0 Å². The summed E-state index contributed by atoms with van der Waals surface area (Å²) in [6.45, 7) is 2.51. The van der Waals surface area contributed by atoms with Gasteiger partial charge in [0.15, 0.2) is 0 Å². The average molecular weight is 466 g/mol. The fourth-order valence-corrected chi connectivity index (χ4v) is 9.59. The van der Waals surface area contributed by atoms with Gasteiger partial charge < -0.3 is 37.2 Å². The van der Waals surface area contributed by atoms with Gasteiger partial charge in [-0.2, -0.15) is 0 Å². The van der Waals surface area contributed by atoms with E-state index in [1.54, 1.807) is 5.20 Å². The molecule has 0 saturated heterocycles. The molecule has 0 aromatic heterocycles. The van der Waals surface area contributed by atoms with E-state index in [0.717, 1.165) is 0 Å². The zero-order chi connectivity index (χ0) is 16.6. The van der Waals surface area contributed by atoms with Crippen molar-refractivity contribution in [3.05, 3.63) is 101 Å².